The Morgan fingerprint density at radius 1 is 0.941 bits per heavy atom. The van der Waals surface area contributed by atoms with Gasteiger partial charge in [-0.05, 0) is 25.1 Å². The first kappa shape index (κ1) is 13.1. The number of nitrogens with zero attached hydrogens (tertiary/aromatic N) is 2. The molecule has 0 aromatic carbocycles. The maximum Gasteiger partial charge on any atom is 0.118 e. The molecule has 17 heavy (non-hydrogen) atoms. The molecule has 0 radical (unpaired) electrons. The van der Waals surface area contributed by atoms with Crippen LogP contribution in [0.2, 0.25) is 0 Å². The third-order valence-electron chi connectivity index (χ3n) is 4.00. The molecule has 2 rings (SSSR count). The second kappa shape index (κ2) is 5.99. The van der Waals surface area contributed by atoms with Crippen molar-refractivity contribution in [2.24, 2.45) is 0 Å². The van der Waals surface area contributed by atoms with Gasteiger partial charge in [0.25, 0.3) is 0 Å². The molecule has 0 aliphatic heterocycles. The summed E-state index contributed by atoms with van der Waals surface area (Å²) >= 11 is 1.80. The Balaban J connectivity index is 2.07. The fourth-order valence-corrected chi connectivity index (χ4v) is 3.69. The van der Waals surface area contributed by atoms with Gasteiger partial charge in [0.1, 0.15) is 17.9 Å². The van der Waals surface area contributed by atoms with Gasteiger partial charge >= 0.3 is 0 Å². The summed E-state index contributed by atoms with van der Waals surface area (Å²) in [6.07, 6.45) is 12.4. The molecule has 0 atom stereocenters. The van der Waals surface area contributed by atoms with E-state index in [0.717, 1.165) is 5.01 Å². The van der Waals surface area contributed by atoms with Crippen molar-refractivity contribution in [1.82, 2.24) is 10.2 Å². The standard InChI is InChI=1S/C13H23BN2S/c1-11-15-16-12(17-11)13(14)9-7-5-3-2-4-6-8-10-13/h2-10,14H2,1H3. The van der Waals surface area contributed by atoms with Crippen LogP contribution in [-0.2, 0) is 5.31 Å². The lowest BCUT2D eigenvalue weighted by Gasteiger charge is -2.28. The minimum atomic E-state index is 0.295. The summed E-state index contributed by atoms with van der Waals surface area (Å²) in [6.45, 7) is 2.06. The molecule has 2 nitrogen and oxygen atoms in total. The first-order valence-corrected chi connectivity index (χ1v) is 7.83. The van der Waals surface area contributed by atoms with Gasteiger partial charge in [-0.15, -0.1) is 21.5 Å². The van der Waals surface area contributed by atoms with E-state index in [2.05, 4.69) is 25.0 Å². The zero-order valence-corrected chi connectivity index (χ0v) is 12.0. The molecule has 0 bridgehead atoms. The highest BCUT2D eigenvalue weighted by molar-refractivity contribution is 7.11. The molecule has 1 heterocycles. The van der Waals surface area contributed by atoms with Crippen LogP contribution in [0, 0.1) is 6.92 Å². The maximum absolute atomic E-state index is 4.41. The maximum atomic E-state index is 4.41. The van der Waals surface area contributed by atoms with Crippen LogP contribution in [0.4, 0.5) is 0 Å². The lowest BCUT2D eigenvalue weighted by Crippen LogP contribution is -2.27. The van der Waals surface area contributed by atoms with Crippen LogP contribution in [-0.4, -0.2) is 18.0 Å². The average molecular weight is 250 g/mol. The number of aryl methyl sites for hydroxylation is 1. The van der Waals surface area contributed by atoms with Crippen molar-refractivity contribution in [3.8, 4) is 0 Å². The third-order valence-corrected chi connectivity index (χ3v) is 5.14. The van der Waals surface area contributed by atoms with E-state index in [1.807, 2.05) is 0 Å². The normalized spacial score (nSPS) is 22.2. The average Bonchev–Trinajstić information content (AvgIpc) is 2.75. The van der Waals surface area contributed by atoms with E-state index in [4.69, 9.17) is 0 Å². The van der Waals surface area contributed by atoms with Gasteiger partial charge in [0.05, 0.1) is 0 Å². The molecular weight excluding hydrogens is 227 g/mol. The fraction of sp³-hybridized carbons (Fsp3) is 0.846. The van der Waals surface area contributed by atoms with Crippen LogP contribution in [0.3, 0.4) is 0 Å². The summed E-state index contributed by atoms with van der Waals surface area (Å²) in [6, 6.07) is 0. The van der Waals surface area contributed by atoms with Gasteiger partial charge in [-0.3, -0.25) is 0 Å². The lowest BCUT2D eigenvalue weighted by molar-refractivity contribution is 0.422. The molecule has 1 saturated carbocycles. The lowest BCUT2D eigenvalue weighted by atomic mass is 9.63. The Morgan fingerprint density at radius 3 is 1.94 bits per heavy atom. The molecule has 0 amide bonds. The Bertz CT molecular complexity index is 341. The van der Waals surface area contributed by atoms with Crippen LogP contribution in [0.25, 0.3) is 0 Å². The Hall–Kier alpha value is -0.375. The van der Waals surface area contributed by atoms with E-state index in [1.54, 1.807) is 11.3 Å². The molecule has 1 aliphatic rings. The molecule has 0 unspecified atom stereocenters. The Kier molecular flexibility index (Phi) is 4.60. The fourth-order valence-electron chi connectivity index (χ4n) is 2.79. The van der Waals surface area contributed by atoms with E-state index in [-0.39, 0.29) is 0 Å². The van der Waals surface area contributed by atoms with Crippen molar-refractivity contribution < 1.29 is 0 Å². The van der Waals surface area contributed by atoms with Crippen LogP contribution >= 0.6 is 11.3 Å². The number of hydrogen-bond donors (Lipinski definition) is 0. The monoisotopic (exact) mass is 250 g/mol. The second-order valence-electron chi connectivity index (χ2n) is 5.66. The molecular formula is C13H23BN2S. The van der Waals surface area contributed by atoms with Crippen LogP contribution < -0.4 is 0 Å². The summed E-state index contributed by atoms with van der Waals surface area (Å²) < 4.78 is 0. The summed E-state index contributed by atoms with van der Waals surface area (Å²) in [4.78, 5) is 0. The molecule has 1 aliphatic carbocycles. The van der Waals surface area contributed by atoms with Gasteiger partial charge in [0.2, 0.25) is 0 Å². The topological polar surface area (TPSA) is 25.8 Å². The minimum Gasteiger partial charge on any atom is -0.144 e. The van der Waals surface area contributed by atoms with Gasteiger partial charge in [-0.1, -0.05) is 44.9 Å². The van der Waals surface area contributed by atoms with Crippen molar-refractivity contribution in [3.63, 3.8) is 0 Å². The molecule has 0 spiro atoms. The molecule has 1 aromatic heterocycles. The van der Waals surface area contributed by atoms with E-state index in [1.165, 1.54) is 62.8 Å². The van der Waals surface area contributed by atoms with Gasteiger partial charge in [0, 0.05) is 0 Å². The second-order valence-corrected chi connectivity index (χ2v) is 6.84. The first-order valence-electron chi connectivity index (χ1n) is 7.01. The first-order chi connectivity index (χ1) is 8.21. The molecule has 4 heteroatoms. The van der Waals surface area contributed by atoms with Gasteiger partial charge < -0.3 is 0 Å². The third kappa shape index (κ3) is 3.54. The van der Waals surface area contributed by atoms with E-state index in [0.29, 0.717) is 5.31 Å². The Morgan fingerprint density at radius 2 is 1.47 bits per heavy atom. The minimum absolute atomic E-state index is 0.295. The largest absolute Gasteiger partial charge is 0.144 e. The predicted molar refractivity (Wildman–Crippen MR) is 76.4 cm³/mol. The zero-order chi connectivity index (χ0) is 12.1. The zero-order valence-electron chi connectivity index (χ0n) is 11.2. The van der Waals surface area contributed by atoms with Crippen LogP contribution in [0.5, 0.6) is 0 Å². The number of aromatic nitrogens is 2. The van der Waals surface area contributed by atoms with Gasteiger partial charge in [0.15, 0.2) is 0 Å². The van der Waals surface area contributed by atoms with E-state index < -0.39 is 0 Å². The molecule has 1 fully saturated rings. The molecule has 94 valence electrons. The highest BCUT2D eigenvalue weighted by Crippen LogP contribution is 2.35. The van der Waals surface area contributed by atoms with Crippen LogP contribution in [0.1, 0.15) is 67.8 Å². The summed E-state index contributed by atoms with van der Waals surface area (Å²) in [5.41, 5.74) is 0. The summed E-state index contributed by atoms with van der Waals surface area (Å²) in [5.74, 6) is 0. The van der Waals surface area contributed by atoms with Crippen molar-refractivity contribution in [2.45, 2.75) is 70.0 Å². The van der Waals surface area contributed by atoms with Crippen LogP contribution in [0.15, 0.2) is 0 Å². The van der Waals surface area contributed by atoms with Crippen molar-refractivity contribution in [2.75, 3.05) is 0 Å². The van der Waals surface area contributed by atoms with E-state index in [9.17, 15) is 0 Å². The molecule has 1 aromatic rings. The Labute approximate surface area is 110 Å². The van der Waals surface area contributed by atoms with Crippen molar-refractivity contribution >= 4 is 19.2 Å². The quantitative estimate of drug-likeness (QED) is 0.715. The smallest absolute Gasteiger partial charge is 0.118 e. The van der Waals surface area contributed by atoms with Gasteiger partial charge in [-0.2, -0.15) is 0 Å². The summed E-state index contributed by atoms with van der Waals surface area (Å²) in [5, 5.41) is 11.3. The number of rotatable bonds is 1. The number of hydrogen-bond acceptors (Lipinski definition) is 3. The molecule has 0 N–H and O–H groups in total. The summed E-state index contributed by atoms with van der Waals surface area (Å²) in [7, 11) is 2.40. The highest BCUT2D eigenvalue weighted by atomic mass is 32.1. The van der Waals surface area contributed by atoms with Gasteiger partial charge in [-0.25, -0.2) is 0 Å². The highest BCUT2D eigenvalue weighted by Gasteiger charge is 2.29. The SMILES string of the molecule is BC1(c2nnc(C)s2)CCCCCCCCC1. The molecule has 0 saturated heterocycles. The van der Waals surface area contributed by atoms with E-state index >= 15 is 0 Å². The van der Waals surface area contributed by atoms with Crippen molar-refractivity contribution in [3.05, 3.63) is 10.0 Å². The predicted octanol–water partition coefficient (Wildman–Crippen LogP) is 3.20. The van der Waals surface area contributed by atoms with Crippen molar-refractivity contribution in [1.29, 1.82) is 0 Å².